The fraction of sp³-hybridized carbons (Fsp3) is 0.765. The second-order valence-corrected chi connectivity index (χ2v) is 5.52. The molecule has 0 aliphatic heterocycles. The molecule has 3 unspecified atom stereocenters. The van der Waals surface area contributed by atoms with E-state index in [2.05, 4.69) is 6.92 Å². The highest BCUT2D eigenvalue weighted by Crippen LogP contribution is 2.31. The Balaban J connectivity index is 5.09. The van der Waals surface area contributed by atoms with Gasteiger partial charge in [-0.15, -0.1) is 0 Å². The number of ketones is 2. The van der Waals surface area contributed by atoms with Gasteiger partial charge in [0.15, 0.2) is 5.78 Å². The Hall–Kier alpha value is -1.32. The van der Waals surface area contributed by atoms with Crippen LogP contribution in [0.25, 0.3) is 0 Å². The molecule has 0 N–H and O–H groups in total. The van der Waals surface area contributed by atoms with E-state index >= 15 is 0 Å². The average molecular weight is 296 g/mol. The van der Waals surface area contributed by atoms with Crippen molar-refractivity contribution in [3.8, 4) is 0 Å². The fourth-order valence-corrected chi connectivity index (χ4v) is 2.86. The van der Waals surface area contributed by atoms with E-state index in [9.17, 15) is 19.2 Å². The van der Waals surface area contributed by atoms with E-state index in [-0.39, 0.29) is 24.7 Å². The van der Waals surface area contributed by atoms with Crippen LogP contribution in [0, 0.1) is 17.8 Å². The third-order valence-electron chi connectivity index (χ3n) is 4.14. The maximum atomic E-state index is 12.3. The molecule has 0 saturated carbocycles. The van der Waals surface area contributed by atoms with Crippen LogP contribution in [0.3, 0.4) is 0 Å². The Morgan fingerprint density at radius 1 is 1.05 bits per heavy atom. The third kappa shape index (κ3) is 6.32. The Morgan fingerprint density at radius 3 is 2.14 bits per heavy atom. The van der Waals surface area contributed by atoms with Crippen molar-refractivity contribution in [3.63, 3.8) is 0 Å². The highest BCUT2D eigenvalue weighted by atomic mass is 16.2. The monoisotopic (exact) mass is 296 g/mol. The van der Waals surface area contributed by atoms with Crippen LogP contribution in [0.5, 0.6) is 0 Å². The predicted octanol–water partition coefficient (Wildman–Crippen LogP) is 3.16. The van der Waals surface area contributed by atoms with Gasteiger partial charge >= 0.3 is 0 Å². The number of hydrogen-bond acceptors (Lipinski definition) is 4. The molecule has 0 saturated heterocycles. The van der Waals surface area contributed by atoms with Crippen LogP contribution >= 0.6 is 0 Å². The first-order chi connectivity index (χ1) is 10.1. The minimum Gasteiger partial charge on any atom is -0.303 e. The molecule has 0 aromatic carbocycles. The first-order valence-electron chi connectivity index (χ1n) is 8.03. The molecule has 3 atom stereocenters. The van der Waals surface area contributed by atoms with Crippen LogP contribution in [0.1, 0.15) is 65.7 Å². The lowest BCUT2D eigenvalue weighted by atomic mass is 9.73. The Morgan fingerprint density at radius 2 is 1.71 bits per heavy atom. The number of aldehydes is 2. The zero-order valence-corrected chi connectivity index (χ0v) is 13.5. The summed E-state index contributed by atoms with van der Waals surface area (Å²) in [6.45, 7) is 5.88. The van der Waals surface area contributed by atoms with E-state index in [0.717, 1.165) is 25.5 Å². The van der Waals surface area contributed by atoms with E-state index < -0.39 is 17.5 Å². The second-order valence-electron chi connectivity index (χ2n) is 5.52. The van der Waals surface area contributed by atoms with Crippen molar-refractivity contribution in [1.82, 2.24) is 0 Å². The molecule has 0 amide bonds. The van der Waals surface area contributed by atoms with Crippen molar-refractivity contribution in [3.05, 3.63) is 0 Å². The van der Waals surface area contributed by atoms with Crippen LogP contribution in [0.15, 0.2) is 0 Å². The van der Waals surface area contributed by atoms with E-state index in [1.54, 1.807) is 0 Å². The number of hydrogen-bond donors (Lipinski definition) is 0. The Labute approximate surface area is 127 Å². The molecule has 0 bridgehead atoms. The van der Waals surface area contributed by atoms with Crippen molar-refractivity contribution < 1.29 is 19.2 Å². The van der Waals surface area contributed by atoms with Gasteiger partial charge < -0.3 is 9.59 Å². The SMILES string of the molecule is CCCCC(C(C=O)CC)C(CC)C(=O)C(=O)CCC=O. The standard InChI is InChI=1S/C17H28O4/c1-4-7-9-15(13(5-2)12-19)14(6-3)17(21)16(20)10-8-11-18/h11-15H,4-10H2,1-3H3. The van der Waals surface area contributed by atoms with Crippen LogP contribution in [0.2, 0.25) is 0 Å². The van der Waals surface area contributed by atoms with Crippen LogP contribution in [0.4, 0.5) is 0 Å². The zero-order valence-electron chi connectivity index (χ0n) is 13.5. The maximum absolute atomic E-state index is 12.3. The van der Waals surface area contributed by atoms with Gasteiger partial charge in [0, 0.05) is 24.7 Å². The number of unbranched alkanes of at least 4 members (excludes halogenated alkanes) is 1. The summed E-state index contributed by atoms with van der Waals surface area (Å²) in [7, 11) is 0. The molecular formula is C17H28O4. The van der Waals surface area contributed by atoms with Crippen LogP contribution in [-0.2, 0) is 19.2 Å². The number of carbonyl (C=O) groups is 4. The number of rotatable bonds is 13. The number of carbonyl (C=O) groups excluding carboxylic acids is 4. The minimum absolute atomic E-state index is 0.0167. The molecule has 0 radical (unpaired) electrons. The second kappa shape index (κ2) is 11.4. The third-order valence-corrected chi connectivity index (χ3v) is 4.14. The summed E-state index contributed by atoms with van der Waals surface area (Å²) in [6, 6.07) is 0. The molecule has 21 heavy (non-hydrogen) atoms. The summed E-state index contributed by atoms with van der Waals surface area (Å²) in [5.41, 5.74) is 0. The number of Topliss-reactive ketones (excluding diaryl/α,β-unsaturated/α-hetero) is 2. The van der Waals surface area contributed by atoms with E-state index in [1.807, 2.05) is 13.8 Å². The Bertz CT molecular complexity index is 349. The van der Waals surface area contributed by atoms with Gasteiger partial charge in [-0.1, -0.05) is 33.6 Å². The largest absolute Gasteiger partial charge is 0.303 e. The molecule has 0 aromatic heterocycles. The zero-order chi connectivity index (χ0) is 16.3. The molecule has 0 aliphatic rings. The first kappa shape index (κ1) is 19.7. The summed E-state index contributed by atoms with van der Waals surface area (Å²) in [5, 5.41) is 0. The molecule has 0 spiro atoms. The molecule has 0 fully saturated rings. The summed E-state index contributed by atoms with van der Waals surface area (Å²) in [4.78, 5) is 45.8. The van der Waals surface area contributed by atoms with Crippen LogP contribution in [-0.4, -0.2) is 24.1 Å². The van der Waals surface area contributed by atoms with Crippen molar-refractivity contribution in [2.24, 2.45) is 17.8 Å². The van der Waals surface area contributed by atoms with Gasteiger partial charge in [-0.2, -0.15) is 0 Å². The van der Waals surface area contributed by atoms with Gasteiger partial charge in [0.2, 0.25) is 5.78 Å². The van der Waals surface area contributed by atoms with Gasteiger partial charge in [-0.3, -0.25) is 9.59 Å². The Kier molecular flexibility index (Phi) is 10.6. The molecule has 4 heteroatoms. The van der Waals surface area contributed by atoms with Gasteiger partial charge in [-0.05, 0) is 25.2 Å². The topological polar surface area (TPSA) is 68.3 Å². The summed E-state index contributed by atoms with van der Waals surface area (Å²) < 4.78 is 0. The van der Waals surface area contributed by atoms with E-state index in [0.29, 0.717) is 19.1 Å². The highest BCUT2D eigenvalue weighted by molar-refractivity contribution is 6.38. The smallest absolute Gasteiger partial charge is 0.201 e. The van der Waals surface area contributed by atoms with Crippen molar-refractivity contribution in [2.45, 2.75) is 65.7 Å². The van der Waals surface area contributed by atoms with Crippen molar-refractivity contribution >= 4 is 24.1 Å². The highest BCUT2D eigenvalue weighted by Gasteiger charge is 2.34. The molecule has 0 rings (SSSR count). The fourth-order valence-electron chi connectivity index (χ4n) is 2.86. The van der Waals surface area contributed by atoms with Crippen molar-refractivity contribution in [2.75, 3.05) is 0 Å². The molecular weight excluding hydrogens is 268 g/mol. The predicted molar refractivity (Wildman–Crippen MR) is 82.0 cm³/mol. The lowest BCUT2D eigenvalue weighted by Crippen LogP contribution is -2.34. The first-order valence-corrected chi connectivity index (χ1v) is 8.03. The maximum Gasteiger partial charge on any atom is 0.201 e. The van der Waals surface area contributed by atoms with Crippen molar-refractivity contribution in [1.29, 1.82) is 0 Å². The van der Waals surface area contributed by atoms with E-state index in [4.69, 9.17) is 0 Å². The lowest BCUT2D eigenvalue weighted by Gasteiger charge is -2.28. The molecule has 0 aliphatic carbocycles. The summed E-state index contributed by atoms with van der Waals surface area (Å²) in [6.07, 6.45) is 5.63. The quantitative estimate of drug-likeness (QED) is 0.387. The van der Waals surface area contributed by atoms with Gasteiger partial charge in [-0.25, -0.2) is 0 Å². The average Bonchev–Trinajstić information content (AvgIpc) is 2.50. The lowest BCUT2D eigenvalue weighted by molar-refractivity contribution is -0.141. The van der Waals surface area contributed by atoms with E-state index in [1.165, 1.54) is 0 Å². The summed E-state index contributed by atoms with van der Waals surface area (Å²) in [5.74, 6) is -1.52. The molecule has 0 aromatic rings. The molecule has 4 nitrogen and oxygen atoms in total. The summed E-state index contributed by atoms with van der Waals surface area (Å²) >= 11 is 0. The molecule has 120 valence electrons. The van der Waals surface area contributed by atoms with Gasteiger partial charge in [0.1, 0.15) is 12.6 Å². The minimum atomic E-state index is -0.476. The van der Waals surface area contributed by atoms with Gasteiger partial charge in [0.25, 0.3) is 0 Å². The van der Waals surface area contributed by atoms with Gasteiger partial charge in [0.05, 0.1) is 0 Å². The van der Waals surface area contributed by atoms with Crippen LogP contribution < -0.4 is 0 Å². The molecule has 0 heterocycles. The normalized spacial score (nSPS) is 15.0.